The van der Waals surface area contributed by atoms with Crippen molar-refractivity contribution < 1.29 is 0 Å². The Morgan fingerprint density at radius 3 is 2.75 bits per heavy atom. The van der Waals surface area contributed by atoms with Gasteiger partial charge in [0.2, 0.25) is 5.82 Å². The Bertz CT molecular complexity index is 505. The fourth-order valence-corrected chi connectivity index (χ4v) is 1.57. The van der Waals surface area contributed by atoms with Crippen molar-refractivity contribution in [3.8, 4) is 11.8 Å². The third kappa shape index (κ3) is 1.95. The van der Waals surface area contributed by atoms with Crippen molar-refractivity contribution in [2.45, 2.75) is 6.54 Å². The van der Waals surface area contributed by atoms with E-state index in [1.165, 1.54) is 5.56 Å². The summed E-state index contributed by atoms with van der Waals surface area (Å²) in [7, 11) is 1.91. The van der Waals surface area contributed by atoms with Gasteiger partial charge in [0.05, 0.1) is 0 Å². The molecule has 0 saturated heterocycles. The summed E-state index contributed by atoms with van der Waals surface area (Å²) < 4.78 is 1.77. The monoisotopic (exact) mass is 212 g/mol. The van der Waals surface area contributed by atoms with Gasteiger partial charge in [-0.15, -0.1) is 0 Å². The molecule has 0 radical (unpaired) electrons. The SMILES string of the molecule is CNCc1ccc(-n2ccnc2C#N)cc1. The van der Waals surface area contributed by atoms with Crippen LogP contribution in [0.1, 0.15) is 11.4 Å². The zero-order valence-electron chi connectivity index (χ0n) is 9.01. The summed E-state index contributed by atoms with van der Waals surface area (Å²) in [6, 6.07) is 10.1. The van der Waals surface area contributed by atoms with E-state index in [0.29, 0.717) is 5.82 Å². The first-order chi connectivity index (χ1) is 7.85. The predicted molar refractivity (Wildman–Crippen MR) is 61.0 cm³/mol. The third-order valence-corrected chi connectivity index (χ3v) is 2.34. The van der Waals surface area contributed by atoms with Crippen LogP contribution in [0.15, 0.2) is 36.7 Å². The Balaban J connectivity index is 2.32. The third-order valence-electron chi connectivity index (χ3n) is 2.34. The molecule has 1 N–H and O–H groups in total. The van der Waals surface area contributed by atoms with Crippen LogP contribution in [0.2, 0.25) is 0 Å². The van der Waals surface area contributed by atoms with Gasteiger partial charge in [-0.25, -0.2) is 4.98 Å². The van der Waals surface area contributed by atoms with Crippen LogP contribution in [0.4, 0.5) is 0 Å². The van der Waals surface area contributed by atoms with Crippen molar-refractivity contribution in [2.24, 2.45) is 0 Å². The largest absolute Gasteiger partial charge is 0.316 e. The number of nitrogens with one attached hydrogen (secondary N) is 1. The normalized spacial score (nSPS) is 10.0. The van der Waals surface area contributed by atoms with Gasteiger partial charge >= 0.3 is 0 Å². The summed E-state index contributed by atoms with van der Waals surface area (Å²) in [4.78, 5) is 3.96. The molecule has 2 rings (SSSR count). The minimum atomic E-state index is 0.404. The maximum Gasteiger partial charge on any atom is 0.217 e. The van der Waals surface area contributed by atoms with Crippen molar-refractivity contribution in [2.75, 3.05) is 7.05 Å². The first-order valence-electron chi connectivity index (χ1n) is 5.02. The van der Waals surface area contributed by atoms with Gasteiger partial charge in [0.15, 0.2) is 0 Å². The van der Waals surface area contributed by atoms with Crippen LogP contribution < -0.4 is 5.32 Å². The molecule has 0 aliphatic rings. The lowest BCUT2D eigenvalue weighted by Gasteiger charge is -2.05. The fraction of sp³-hybridized carbons (Fsp3) is 0.167. The average Bonchev–Trinajstić information content (AvgIpc) is 2.78. The van der Waals surface area contributed by atoms with Crippen LogP contribution in [0, 0.1) is 11.3 Å². The molecular weight excluding hydrogens is 200 g/mol. The lowest BCUT2D eigenvalue weighted by Crippen LogP contribution is -2.05. The topological polar surface area (TPSA) is 53.6 Å². The average molecular weight is 212 g/mol. The predicted octanol–water partition coefficient (Wildman–Crippen LogP) is 1.46. The van der Waals surface area contributed by atoms with E-state index in [-0.39, 0.29) is 0 Å². The molecule has 0 atom stereocenters. The quantitative estimate of drug-likeness (QED) is 0.838. The Kier molecular flexibility index (Phi) is 2.99. The number of hydrogen-bond acceptors (Lipinski definition) is 3. The van der Waals surface area contributed by atoms with Crippen LogP contribution in [0.3, 0.4) is 0 Å². The lowest BCUT2D eigenvalue weighted by molar-refractivity contribution is 0.817. The molecule has 0 fully saturated rings. The number of nitriles is 1. The van der Waals surface area contributed by atoms with Gasteiger partial charge < -0.3 is 5.32 Å². The molecule has 1 heterocycles. The highest BCUT2D eigenvalue weighted by Gasteiger charge is 2.02. The van der Waals surface area contributed by atoms with E-state index in [2.05, 4.69) is 16.4 Å². The molecule has 16 heavy (non-hydrogen) atoms. The summed E-state index contributed by atoms with van der Waals surface area (Å²) in [5.74, 6) is 0.404. The molecule has 1 aromatic heterocycles. The van der Waals surface area contributed by atoms with Crippen LogP contribution >= 0.6 is 0 Å². The van der Waals surface area contributed by atoms with Crippen LogP contribution in [0.5, 0.6) is 0 Å². The van der Waals surface area contributed by atoms with Crippen LogP contribution in [-0.4, -0.2) is 16.6 Å². The molecule has 0 aliphatic heterocycles. The standard InChI is InChI=1S/C12H12N4/c1-14-9-10-2-4-11(5-3-10)16-7-6-15-12(16)8-13/h2-7,14H,9H2,1H3. The minimum Gasteiger partial charge on any atom is -0.316 e. The fourth-order valence-electron chi connectivity index (χ4n) is 1.57. The molecule has 2 aromatic rings. The van der Waals surface area contributed by atoms with Gasteiger partial charge in [0.25, 0.3) is 0 Å². The smallest absolute Gasteiger partial charge is 0.217 e. The van der Waals surface area contributed by atoms with Crippen molar-refractivity contribution in [3.63, 3.8) is 0 Å². The second-order valence-electron chi connectivity index (χ2n) is 3.43. The highest BCUT2D eigenvalue weighted by atomic mass is 15.1. The van der Waals surface area contributed by atoms with Gasteiger partial charge in [0.1, 0.15) is 6.07 Å². The molecule has 80 valence electrons. The van der Waals surface area contributed by atoms with E-state index >= 15 is 0 Å². The molecule has 0 amide bonds. The number of benzene rings is 1. The number of aromatic nitrogens is 2. The van der Waals surface area contributed by atoms with Crippen molar-refractivity contribution in [1.82, 2.24) is 14.9 Å². The van der Waals surface area contributed by atoms with Gasteiger partial charge in [-0.1, -0.05) is 12.1 Å². The van der Waals surface area contributed by atoms with Gasteiger partial charge in [-0.3, -0.25) is 4.57 Å². The Morgan fingerprint density at radius 1 is 1.38 bits per heavy atom. The van der Waals surface area contributed by atoms with Gasteiger partial charge in [-0.05, 0) is 24.7 Å². The molecule has 0 spiro atoms. The van der Waals surface area contributed by atoms with E-state index in [1.807, 2.05) is 31.3 Å². The lowest BCUT2D eigenvalue weighted by atomic mass is 10.2. The van der Waals surface area contributed by atoms with Crippen molar-refractivity contribution in [1.29, 1.82) is 5.26 Å². The molecule has 0 unspecified atom stereocenters. The number of hydrogen-bond donors (Lipinski definition) is 1. The summed E-state index contributed by atoms with van der Waals surface area (Å²) in [6.07, 6.45) is 3.41. The molecular formula is C12H12N4. The number of imidazole rings is 1. The second kappa shape index (κ2) is 4.60. The summed E-state index contributed by atoms with van der Waals surface area (Å²) in [5.41, 5.74) is 2.17. The van der Waals surface area contributed by atoms with Gasteiger partial charge in [0, 0.05) is 24.6 Å². The Hall–Kier alpha value is -2.12. The molecule has 0 saturated carbocycles. The number of rotatable bonds is 3. The van der Waals surface area contributed by atoms with Gasteiger partial charge in [-0.2, -0.15) is 5.26 Å². The maximum atomic E-state index is 8.86. The minimum absolute atomic E-state index is 0.404. The summed E-state index contributed by atoms with van der Waals surface area (Å²) in [5, 5.41) is 12.0. The highest BCUT2D eigenvalue weighted by molar-refractivity contribution is 5.37. The zero-order valence-corrected chi connectivity index (χ0v) is 9.01. The zero-order chi connectivity index (χ0) is 11.4. The van der Waals surface area contributed by atoms with Crippen LogP contribution in [-0.2, 0) is 6.54 Å². The highest BCUT2D eigenvalue weighted by Crippen LogP contribution is 2.11. The van der Waals surface area contributed by atoms with Crippen molar-refractivity contribution >= 4 is 0 Å². The van der Waals surface area contributed by atoms with E-state index < -0.39 is 0 Å². The molecule has 0 bridgehead atoms. The maximum absolute atomic E-state index is 8.86. The molecule has 0 aliphatic carbocycles. The first-order valence-corrected chi connectivity index (χ1v) is 5.02. The van der Waals surface area contributed by atoms with E-state index in [9.17, 15) is 0 Å². The molecule has 1 aromatic carbocycles. The Morgan fingerprint density at radius 2 is 2.12 bits per heavy atom. The molecule has 4 nitrogen and oxygen atoms in total. The summed E-state index contributed by atoms with van der Waals surface area (Å²) in [6.45, 7) is 0.843. The van der Waals surface area contributed by atoms with E-state index in [4.69, 9.17) is 5.26 Å². The number of nitrogens with zero attached hydrogens (tertiary/aromatic N) is 3. The first kappa shape index (κ1) is 10.4. The Labute approximate surface area is 94.2 Å². The van der Waals surface area contributed by atoms with E-state index in [1.54, 1.807) is 17.0 Å². The molecule has 4 heteroatoms. The van der Waals surface area contributed by atoms with Crippen LogP contribution in [0.25, 0.3) is 5.69 Å². The summed E-state index contributed by atoms with van der Waals surface area (Å²) >= 11 is 0. The van der Waals surface area contributed by atoms with Crippen molar-refractivity contribution in [3.05, 3.63) is 48.0 Å². The van der Waals surface area contributed by atoms with E-state index in [0.717, 1.165) is 12.2 Å². The second-order valence-corrected chi connectivity index (χ2v) is 3.43.